The normalized spacial score (nSPS) is 12.1. The highest BCUT2D eigenvalue weighted by Crippen LogP contribution is 2.22. The van der Waals surface area contributed by atoms with Gasteiger partial charge in [0, 0.05) is 19.2 Å². The maximum atomic E-state index is 11.9. The summed E-state index contributed by atoms with van der Waals surface area (Å²) in [6, 6.07) is 11.0. The lowest BCUT2D eigenvalue weighted by molar-refractivity contribution is 0.0911. The van der Waals surface area contributed by atoms with Gasteiger partial charge in [0.2, 0.25) is 0 Å². The molecule has 0 unspecified atom stereocenters. The molecule has 118 valence electrons. The third-order valence-electron chi connectivity index (χ3n) is 3.39. The summed E-state index contributed by atoms with van der Waals surface area (Å²) in [6.07, 6.45) is 2.32. The highest BCUT2D eigenvalue weighted by molar-refractivity contribution is 5.91. The average molecular weight is 312 g/mol. The van der Waals surface area contributed by atoms with Crippen LogP contribution in [0.25, 0.3) is 11.3 Å². The van der Waals surface area contributed by atoms with Crippen molar-refractivity contribution in [2.45, 2.75) is 6.10 Å². The summed E-state index contributed by atoms with van der Waals surface area (Å²) >= 11 is 0. The van der Waals surface area contributed by atoms with E-state index in [1.165, 1.54) is 10.9 Å². The van der Waals surface area contributed by atoms with Gasteiger partial charge in [-0.1, -0.05) is 29.5 Å². The number of rotatable bonds is 5. The molecule has 0 radical (unpaired) electrons. The van der Waals surface area contributed by atoms with Gasteiger partial charge in [0.15, 0.2) is 5.69 Å². The van der Waals surface area contributed by atoms with Crippen molar-refractivity contribution in [2.75, 3.05) is 6.54 Å². The van der Waals surface area contributed by atoms with E-state index >= 15 is 0 Å². The highest BCUT2D eigenvalue weighted by atomic mass is 16.3. The molecule has 0 saturated heterocycles. The van der Waals surface area contributed by atoms with Crippen LogP contribution in [0.4, 0.5) is 0 Å². The number of amides is 1. The lowest BCUT2D eigenvalue weighted by Gasteiger charge is -2.12. The number of nitrogens with one attached hydrogen (secondary N) is 1. The zero-order valence-electron chi connectivity index (χ0n) is 12.5. The molecular formula is C16H16N4O3. The van der Waals surface area contributed by atoms with Gasteiger partial charge in [-0.05, 0) is 17.7 Å². The number of aryl methyl sites for hydroxylation is 1. The Morgan fingerprint density at radius 3 is 2.74 bits per heavy atom. The van der Waals surface area contributed by atoms with Gasteiger partial charge in [-0.25, -0.2) is 0 Å². The number of benzene rings is 1. The number of carbonyl (C=O) groups is 1. The molecule has 0 saturated carbocycles. The molecule has 0 aliphatic rings. The van der Waals surface area contributed by atoms with Crippen LogP contribution < -0.4 is 5.32 Å². The quantitative estimate of drug-likeness (QED) is 0.745. The van der Waals surface area contributed by atoms with E-state index in [2.05, 4.69) is 15.6 Å². The monoisotopic (exact) mass is 312 g/mol. The SMILES string of the molecule is Cn1cc(C(=O)NC[C@@H](O)c2ccc(-c3ccco3)cc2)nn1. The van der Waals surface area contributed by atoms with Crippen LogP contribution in [0.1, 0.15) is 22.2 Å². The number of aliphatic hydroxyl groups excluding tert-OH is 1. The van der Waals surface area contributed by atoms with E-state index < -0.39 is 6.10 Å². The first-order valence-electron chi connectivity index (χ1n) is 7.10. The van der Waals surface area contributed by atoms with Crippen LogP contribution in [0.3, 0.4) is 0 Å². The first-order valence-corrected chi connectivity index (χ1v) is 7.10. The summed E-state index contributed by atoms with van der Waals surface area (Å²) in [5, 5.41) is 20.2. The Hall–Kier alpha value is -2.93. The first kappa shape index (κ1) is 15.0. The Balaban J connectivity index is 1.60. The minimum Gasteiger partial charge on any atom is -0.464 e. The number of aromatic nitrogens is 3. The number of aliphatic hydroxyl groups is 1. The summed E-state index contributed by atoms with van der Waals surface area (Å²) in [5.74, 6) is 0.395. The highest BCUT2D eigenvalue weighted by Gasteiger charge is 2.13. The van der Waals surface area contributed by atoms with Gasteiger partial charge in [0.25, 0.3) is 5.91 Å². The summed E-state index contributed by atoms with van der Waals surface area (Å²) in [4.78, 5) is 11.9. The molecule has 23 heavy (non-hydrogen) atoms. The van der Waals surface area contributed by atoms with E-state index in [9.17, 15) is 9.90 Å². The minimum atomic E-state index is -0.804. The largest absolute Gasteiger partial charge is 0.464 e. The molecule has 7 nitrogen and oxygen atoms in total. The fraction of sp³-hybridized carbons (Fsp3) is 0.188. The lowest BCUT2D eigenvalue weighted by atomic mass is 10.1. The molecule has 2 aromatic heterocycles. The molecule has 2 N–H and O–H groups in total. The van der Waals surface area contributed by atoms with Crippen molar-refractivity contribution < 1.29 is 14.3 Å². The minimum absolute atomic E-state index is 0.0928. The maximum Gasteiger partial charge on any atom is 0.273 e. The Labute approximate surface area is 132 Å². The maximum absolute atomic E-state index is 11.9. The molecule has 1 aromatic carbocycles. The van der Waals surface area contributed by atoms with Crippen molar-refractivity contribution in [3.8, 4) is 11.3 Å². The molecule has 0 aliphatic carbocycles. The Kier molecular flexibility index (Phi) is 4.20. The molecule has 1 atom stereocenters. The predicted octanol–water partition coefficient (Wildman–Crippen LogP) is 1.54. The van der Waals surface area contributed by atoms with E-state index in [-0.39, 0.29) is 18.1 Å². The smallest absolute Gasteiger partial charge is 0.273 e. The van der Waals surface area contributed by atoms with Crippen molar-refractivity contribution >= 4 is 5.91 Å². The fourth-order valence-electron chi connectivity index (χ4n) is 2.16. The van der Waals surface area contributed by atoms with Crippen LogP contribution >= 0.6 is 0 Å². The van der Waals surface area contributed by atoms with Crippen LogP contribution in [-0.4, -0.2) is 32.6 Å². The van der Waals surface area contributed by atoms with Gasteiger partial charge in [0.1, 0.15) is 5.76 Å². The van der Waals surface area contributed by atoms with Crippen molar-refractivity contribution in [3.05, 3.63) is 60.1 Å². The van der Waals surface area contributed by atoms with Crippen molar-refractivity contribution in [1.82, 2.24) is 20.3 Å². The van der Waals surface area contributed by atoms with Gasteiger partial charge in [-0.2, -0.15) is 0 Å². The third-order valence-corrected chi connectivity index (χ3v) is 3.39. The molecule has 2 heterocycles. The molecular weight excluding hydrogens is 296 g/mol. The summed E-state index contributed by atoms with van der Waals surface area (Å²) in [5.41, 5.74) is 1.85. The van der Waals surface area contributed by atoms with Gasteiger partial charge >= 0.3 is 0 Å². The summed E-state index contributed by atoms with van der Waals surface area (Å²) < 4.78 is 6.76. The van der Waals surface area contributed by atoms with Crippen LogP contribution in [0.2, 0.25) is 0 Å². The summed E-state index contributed by atoms with van der Waals surface area (Å²) in [7, 11) is 1.68. The molecule has 0 bridgehead atoms. The second-order valence-electron chi connectivity index (χ2n) is 5.10. The van der Waals surface area contributed by atoms with Crippen LogP contribution in [0.15, 0.2) is 53.3 Å². The Bertz CT molecular complexity index is 778. The molecule has 0 fully saturated rings. The number of hydrogen-bond donors (Lipinski definition) is 2. The molecule has 7 heteroatoms. The molecule has 0 spiro atoms. The predicted molar refractivity (Wildman–Crippen MR) is 82.4 cm³/mol. The molecule has 3 aromatic rings. The van der Waals surface area contributed by atoms with Crippen molar-refractivity contribution in [3.63, 3.8) is 0 Å². The van der Waals surface area contributed by atoms with Crippen LogP contribution in [-0.2, 0) is 7.05 Å². The van der Waals surface area contributed by atoms with Gasteiger partial charge in [-0.3, -0.25) is 9.48 Å². The topological polar surface area (TPSA) is 93.2 Å². The number of carbonyl (C=O) groups excluding carboxylic acids is 1. The molecule has 3 rings (SSSR count). The first-order chi connectivity index (χ1) is 11.1. The standard InChI is InChI=1S/C16H16N4O3/c1-20-10-13(18-19-20)16(22)17-9-14(21)11-4-6-12(7-5-11)15-3-2-8-23-15/h2-8,10,14,21H,9H2,1H3,(H,17,22)/t14-/m1/s1. The third kappa shape index (κ3) is 3.46. The molecule has 1 amide bonds. The van der Waals surface area contributed by atoms with Crippen molar-refractivity contribution in [1.29, 1.82) is 0 Å². The van der Waals surface area contributed by atoms with E-state index in [1.807, 2.05) is 24.3 Å². The summed E-state index contributed by atoms with van der Waals surface area (Å²) in [6.45, 7) is 0.0928. The van der Waals surface area contributed by atoms with Crippen LogP contribution in [0, 0.1) is 0 Å². The van der Waals surface area contributed by atoms with E-state index in [0.717, 1.165) is 11.3 Å². The lowest BCUT2D eigenvalue weighted by Crippen LogP contribution is -2.28. The second-order valence-corrected chi connectivity index (χ2v) is 5.10. The number of hydrogen-bond acceptors (Lipinski definition) is 5. The number of nitrogens with zero attached hydrogens (tertiary/aromatic N) is 3. The van der Waals surface area contributed by atoms with Gasteiger partial charge < -0.3 is 14.8 Å². The average Bonchev–Trinajstić information content (AvgIpc) is 3.24. The molecule has 0 aliphatic heterocycles. The van der Waals surface area contributed by atoms with Crippen LogP contribution in [0.5, 0.6) is 0 Å². The number of furan rings is 1. The van der Waals surface area contributed by atoms with Crippen molar-refractivity contribution in [2.24, 2.45) is 7.05 Å². The zero-order chi connectivity index (χ0) is 16.2. The van der Waals surface area contributed by atoms with E-state index in [4.69, 9.17) is 4.42 Å². The zero-order valence-corrected chi connectivity index (χ0v) is 12.5. The Morgan fingerprint density at radius 2 is 2.13 bits per heavy atom. The van der Waals surface area contributed by atoms with E-state index in [1.54, 1.807) is 25.4 Å². The fourth-order valence-corrected chi connectivity index (χ4v) is 2.16. The van der Waals surface area contributed by atoms with Gasteiger partial charge in [-0.15, -0.1) is 5.10 Å². The Morgan fingerprint density at radius 1 is 1.35 bits per heavy atom. The second kappa shape index (κ2) is 6.45. The van der Waals surface area contributed by atoms with Gasteiger partial charge in [0.05, 0.1) is 18.6 Å². The van der Waals surface area contributed by atoms with E-state index in [0.29, 0.717) is 5.56 Å².